The number of aryl methyl sites for hydroxylation is 4. The van der Waals surface area contributed by atoms with Crippen LogP contribution in [0.5, 0.6) is 0 Å². The summed E-state index contributed by atoms with van der Waals surface area (Å²) in [6.45, 7) is 13.2. The van der Waals surface area contributed by atoms with Crippen molar-refractivity contribution in [2.24, 2.45) is 11.8 Å². The van der Waals surface area contributed by atoms with Gasteiger partial charge >= 0.3 is 0 Å². The van der Waals surface area contributed by atoms with Crippen molar-refractivity contribution in [2.45, 2.75) is 138 Å². The number of hydrogen-bond acceptors (Lipinski definition) is 7. The molecule has 0 N–H and O–H groups in total. The lowest BCUT2D eigenvalue weighted by Crippen LogP contribution is -2.02. The number of rotatable bonds is 21. The van der Waals surface area contributed by atoms with Crippen molar-refractivity contribution < 1.29 is 8.78 Å². The largest absolute Gasteiger partial charge is 0.249 e. The normalized spacial score (nSPS) is 12.9. The van der Waals surface area contributed by atoms with Gasteiger partial charge in [0.1, 0.15) is 33.7 Å². The Morgan fingerprint density at radius 1 is 0.517 bits per heavy atom. The van der Waals surface area contributed by atoms with Gasteiger partial charge in [0.25, 0.3) is 0 Å². The molecule has 2 atom stereocenters. The fraction of sp³-hybridized carbons (Fsp3) is 0.451. The number of fused-ring (bicyclic) bond motifs is 2. The molecule has 4 aromatic heterocycles. The smallest absolute Gasteiger partial charge is 0.132 e. The Morgan fingerprint density at radius 3 is 1.43 bits per heavy atom. The predicted molar refractivity (Wildman–Crippen MR) is 255 cm³/mol. The summed E-state index contributed by atoms with van der Waals surface area (Å²) in [5, 5.41) is 0. The number of hydrogen-bond donors (Lipinski definition) is 0. The van der Waals surface area contributed by atoms with Crippen LogP contribution in [0.2, 0.25) is 0 Å². The molecular formula is C51H60F2N4S3. The summed E-state index contributed by atoms with van der Waals surface area (Å²) in [6.07, 6.45) is 16.6. The van der Waals surface area contributed by atoms with Crippen LogP contribution < -0.4 is 0 Å². The molecule has 0 saturated heterocycles. The van der Waals surface area contributed by atoms with Gasteiger partial charge in [-0.05, 0) is 105 Å². The summed E-state index contributed by atoms with van der Waals surface area (Å²) >= 11 is 4.28. The van der Waals surface area contributed by atoms with E-state index in [4.69, 9.17) is 18.7 Å². The van der Waals surface area contributed by atoms with E-state index in [1.807, 2.05) is 31.2 Å². The summed E-state index contributed by atoms with van der Waals surface area (Å²) in [5.74, 6) is 0.996. The Balaban J connectivity index is 1.24. The van der Waals surface area contributed by atoms with Crippen LogP contribution in [0.4, 0.5) is 8.78 Å². The maximum Gasteiger partial charge on any atom is 0.132 e. The first-order chi connectivity index (χ1) is 29.3. The highest BCUT2D eigenvalue weighted by atomic mass is 32.1. The topological polar surface area (TPSA) is 51.6 Å². The lowest BCUT2D eigenvalue weighted by atomic mass is 9.92. The predicted octanol–water partition coefficient (Wildman–Crippen LogP) is 16.7. The molecule has 0 aliphatic rings. The van der Waals surface area contributed by atoms with Crippen LogP contribution in [0.25, 0.3) is 63.8 Å². The monoisotopic (exact) mass is 862 g/mol. The molecule has 0 saturated carbocycles. The van der Waals surface area contributed by atoms with E-state index in [-0.39, 0.29) is 11.6 Å². The zero-order chi connectivity index (χ0) is 42.2. The minimum absolute atomic E-state index is 0.187. The van der Waals surface area contributed by atoms with Gasteiger partial charge < -0.3 is 0 Å². The van der Waals surface area contributed by atoms with Gasteiger partial charge in [0.2, 0.25) is 0 Å². The molecular weight excluding hydrogens is 803 g/mol. The molecule has 7 aromatic rings. The summed E-state index contributed by atoms with van der Waals surface area (Å²) < 4.78 is 41.6. The number of halogens is 2. The third kappa shape index (κ3) is 9.90. The maximum atomic E-state index is 15.9. The fourth-order valence-corrected chi connectivity index (χ4v) is 11.3. The van der Waals surface area contributed by atoms with E-state index >= 15 is 8.78 Å². The molecule has 0 radical (unpaired) electrons. The third-order valence-corrected chi connectivity index (χ3v) is 15.2. The Kier molecular flexibility index (Phi) is 15.3. The Morgan fingerprint density at radius 2 is 0.983 bits per heavy atom. The zero-order valence-corrected chi connectivity index (χ0v) is 38.8. The molecule has 0 aliphatic heterocycles. The fourth-order valence-electron chi connectivity index (χ4n) is 8.59. The number of nitrogens with zero attached hydrogens (tertiary/aromatic N) is 4. The van der Waals surface area contributed by atoms with E-state index in [9.17, 15) is 0 Å². The average molecular weight is 863 g/mol. The molecule has 0 fully saturated rings. The summed E-state index contributed by atoms with van der Waals surface area (Å²) in [7, 11) is 0. The van der Waals surface area contributed by atoms with Gasteiger partial charge in [0, 0.05) is 41.8 Å². The van der Waals surface area contributed by atoms with Gasteiger partial charge in [-0.3, -0.25) is 0 Å². The summed E-state index contributed by atoms with van der Waals surface area (Å²) in [5.41, 5.74) is 10.00. The molecule has 4 heterocycles. The first-order valence-corrected chi connectivity index (χ1v) is 24.9. The summed E-state index contributed by atoms with van der Waals surface area (Å²) in [6, 6.07) is 19.7. The minimum atomic E-state index is -0.188. The van der Waals surface area contributed by atoms with E-state index in [2.05, 4.69) is 58.9 Å². The molecule has 0 bridgehead atoms. The van der Waals surface area contributed by atoms with E-state index in [1.165, 1.54) is 63.1 Å². The van der Waals surface area contributed by atoms with E-state index < -0.39 is 0 Å². The van der Waals surface area contributed by atoms with Crippen molar-refractivity contribution in [3.05, 3.63) is 94.8 Å². The minimum Gasteiger partial charge on any atom is -0.249 e. The Labute approximate surface area is 368 Å². The zero-order valence-electron chi connectivity index (χ0n) is 36.3. The van der Waals surface area contributed by atoms with Crippen LogP contribution >= 0.6 is 34.4 Å². The van der Waals surface area contributed by atoms with Gasteiger partial charge in [0.15, 0.2) is 0 Å². The second kappa shape index (κ2) is 20.8. The molecule has 7 rings (SSSR count). The van der Waals surface area contributed by atoms with Crippen LogP contribution in [0.3, 0.4) is 0 Å². The quantitative estimate of drug-likeness (QED) is 0.0722. The molecule has 9 heteroatoms. The van der Waals surface area contributed by atoms with Crippen LogP contribution in [0, 0.1) is 30.4 Å². The molecule has 2 unspecified atom stereocenters. The number of benzene rings is 3. The van der Waals surface area contributed by atoms with E-state index in [0.717, 1.165) is 120 Å². The number of thiophene rings is 2. The van der Waals surface area contributed by atoms with Crippen LogP contribution in [-0.4, -0.2) is 18.7 Å². The van der Waals surface area contributed by atoms with Crippen molar-refractivity contribution in [3.63, 3.8) is 0 Å². The number of aromatic nitrogens is 4. The lowest BCUT2D eigenvalue weighted by Gasteiger charge is -2.14. The molecule has 3 aromatic carbocycles. The number of unbranched alkanes of at least 4 members (excludes halogenated alkanes) is 3. The average Bonchev–Trinajstić information content (AvgIpc) is 4.05. The van der Waals surface area contributed by atoms with Crippen molar-refractivity contribution >= 4 is 56.5 Å². The van der Waals surface area contributed by atoms with Crippen molar-refractivity contribution in [3.8, 4) is 41.8 Å². The van der Waals surface area contributed by atoms with E-state index in [0.29, 0.717) is 23.0 Å². The van der Waals surface area contributed by atoms with Crippen LogP contribution in [0.15, 0.2) is 60.7 Å². The molecule has 4 nitrogen and oxygen atoms in total. The van der Waals surface area contributed by atoms with Gasteiger partial charge in [-0.15, -0.1) is 22.7 Å². The second-order valence-corrected chi connectivity index (χ2v) is 19.3. The Bertz CT molecular complexity index is 2520. The Hall–Kier alpha value is -3.92. The maximum absolute atomic E-state index is 15.9. The second-order valence-electron chi connectivity index (χ2n) is 16.6. The van der Waals surface area contributed by atoms with Gasteiger partial charge in [-0.25, -0.2) is 18.7 Å². The van der Waals surface area contributed by atoms with Crippen molar-refractivity contribution in [2.75, 3.05) is 0 Å². The first-order valence-electron chi connectivity index (χ1n) is 22.5. The third-order valence-electron chi connectivity index (χ3n) is 12.4. The molecule has 0 aliphatic carbocycles. The van der Waals surface area contributed by atoms with E-state index in [1.54, 1.807) is 34.8 Å². The van der Waals surface area contributed by atoms with Crippen LogP contribution in [0.1, 0.15) is 134 Å². The highest BCUT2D eigenvalue weighted by Gasteiger charge is 2.26. The molecule has 60 heavy (non-hydrogen) atoms. The first kappa shape index (κ1) is 44.1. The van der Waals surface area contributed by atoms with Crippen LogP contribution in [-0.2, 0) is 19.3 Å². The molecule has 316 valence electrons. The highest BCUT2D eigenvalue weighted by Crippen LogP contribution is 2.47. The lowest BCUT2D eigenvalue weighted by molar-refractivity contribution is 0.421. The van der Waals surface area contributed by atoms with Crippen molar-refractivity contribution in [1.82, 2.24) is 18.7 Å². The summed E-state index contributed by atoms with van der Waals surface area (Å²) in [4.78, 5) is 14.3. The van der Waals surface area contributed by atoms with Gasteiger partial charge in [-0.2, -0.15) is 8.75 Å². The standard InChI is InChI=1S/C51H60F2N4S3/c1-7-12-15-33(10-4)18-20-35-22-24-37(39(52)30-35)42-26-28-44(58-42)46-48-49(55-41(17-14-9-3)32(6)54-48)47(51-50(46)56-60-57-51)45-29-27-43(59-45)38-25-23-36(31-40(38)53)21-19-34(11-5)16-13-8-2/h22-31,33-34H,7-21H2,1-6H3. The van der Waals surface area contributed by atoms with Gasteiger partial charge in [-0.1, -0.05) is 117 Å². The van der Waals surface area contributed by atoms with Crippen molar-refractivity contribution in [1.29, 1.82) is 0 Å². The molecule has 0 spiro atoms. The van der Waals surface area contributed by atoms with Gasteiger partial charge in [0.05, 0.1) is 23.1 Å². The molecule has 0 amide bonds. The SMILES string of the molecule is CCCCc1nc2c(-c3ccc(-c4ccc(CCC(CC)CCCC)cc4F)s3)c3nsnc3c(-c3ccc(-c4ccc(CCC(CC)CCCC)cc4F)s3)c2nc1C. The highest BCUT2D eigenvalue weighted by molar-refractivity contribution is 7.19.